The minimum atomic E-state index is -0.271. The van der Waals surface area contributed by atoms with Gasteiger partial charge in [0.15, 0.2) is 0 Å². The predicted octanol–water partition coefficient (Wildman–Crippen LogP) is 5.02. The van der Waals surface area contributed by atoms with Crippen molar-refractivity contribution < 1.29 is 4.79 Å². The smallest absolute Gasteiger partial charge is 0.264 e. The number of hydrazone groups is 1. The molecule has 0 aliphatic rings. The first-order valence-corrected chi connectivity index (χ1v) is 11.5. The molecule has 4 rings (SSSR count). The Balaban J connectivity index is 1.37. The Labute approximate surface area is 204 Å². The van der Waals surface area contributed by atoms with Crippen molar-refractivity contribution >= 4 is 69.0 Å². The van der Waals surface area contributed by atoms with Gasteiger partial charge in [-0.2, -0.15) is 5.10 Å². The Kier molecular flexibility index (Phi) is 7.02. The number of aromatic nitrogens is 3. The Morgan fingerprint density at radius 1 is 1.09 bits per heavy atom. The molecule has 0 saturated heterocycles. The van der Waals surface area contributed by atoms with Crippen LogP contribution in [-0.2, 0) is 4.79 Å². The number of halogens is 2. The molecule has 0 fully saturated rings. The molecule has 0 spiro atoms. The number of benzene rings is 3. The molecule has 1 heterocycles. The summed E-state index contributed by atoms with van der Waals surface area (Å²) in [4.78, 5) is 12.2. The number of carbonyl (C=O) groups is 1. The van der Waals surface area contributed by atoms with Gasteiger partial charge in [-0.15, -0.1) is 10.2 Å². The molecule has 4 N–H and O–H groups in total. The summed E-state index contributed by atoms with van der Waals surface area (Å²) in [5.74, 6) is 6.09. The predicted molar refractivity (Wildman–Crippen MR) is 136 cm³/mol. The monoisotopic (exact) mass is 499 g/mol. The van der Waals surface area contributed by atoms with E-state index in [1.165, 1.54) is 4.68 Å². The van der Waals surface area contributed by atoms with E-state index in [1.807, 2.05) is 31.2 Å². The molecule has 0 saturated carbocycles. The normalized spacial score (nSPS) is 11.5. The van der Waals surface area contributed by atoms with E-state index in [-0.39, 0.29) is 17.6 Å². The fourth-order valence-electron chi connectivity index (χ4n) is 2.97. The first-order chi connectivity index (χ1) is 15.9. The molecule has 4 aromatic rings. The van der Waals surface area contributed by atoms with E-state index in [0.717, 1.165) is 33.8 Å². The first-order valence-electron chi connectivity index (χ1n) is 9.78. The van der Waals surface area contributed by atoms with Gasteiger partial charge in [-0.3, -0.25) is 4.79 Å². The van der Waals surface area contributed by atoms with Crippen molar-refractivity contribution in [2.24, 2.45) is 5.10 Å². The van der Waals surface area contributed by atoms with Crippen molar-refractivity contribution in [1.29, 1.82) is 0 Å². The molecule has 0 aliphatic carbocycles. The van der Waals surface area contributed by atoms with E-state index in [1.54, 1.807) is 18.2 Å². The lowest BCUT2D eigenvalue weighted by Crippen LogP contribution is -2.17. The summed E-state index contributed by atoms with van der Waals surface area (Å²) in [5.41, 5.74) is 5.03. The van der Waals surface area contributed by atoms with Crippen LogP contribution in [0.1, 0.15) is 12.5 Å². The van der Waals surface area contributed by atoms with Gasteiger partial charge >= 0.3 is 0 Å². The zero-order valence-electron chi connectivity index (χ0n) is 17.4. The average molecular weight is 500 g/mol. The first kappa shape index (κ1) is 22.9. The molecule has 1 amide bonds. The van der Waals surface area contributed by atoms with Gasteiger partial charge in [-0.25, -0.2) is 10.1 Å². The van der Waals surface area contributed by atoms with Crippen LogP contribution in [0.5, 0.6) is 0 Å². The second-order valence-corrected chi connectivity index (χ2v) is 8.79. The fraction of sp³-hybridized carbons (Fsp3) is 0.0909. The minimum absolute atomic E-state index is 0.0632. The number of hydrogen-bond donors (Lipinski definition) is 3. The molecule has 0 bridgehead atoms. The van der Waals surface area contributed by atoms with Gasteiger partial charge in [0.1, 0.15) is 0 Å². The van der Waals surface area contributed by atoms with Gasteiger partial charge in [0.2, 0.25) is 11.1 Å². The van der Waals surface area contributed by atoms with Gasteiger partial charge < -0.3 is 11.2 Å². The molecule has 11 heteroatoms. The van der Waals surface area contributed by atoms with Gasteiger partial charge in [0.05, 0.1) is 22.2 Å². The number of nitrogens with zero attached hydrogens (tertiary/aromatic N) is 4. The van der Waals surface area contributed by atoms with Crippen molar-refractivity contribution in [3.63, 3.8) is 0 Å². The quantitative estimate of drug-likeness (QED) is 0.142. The van der Waals surface area contributed by atoms with Crippen LogP contribution in [0.4, 0.5) is 11.6 Å². The molecule has 0 aliphatic heterocycles. The summed E-state index contributed by atoms with van der Waals surface area (Å²) in [6, 6.07) is 19.1. The molecular formula is C22H19Cl2N7OS. The van der Waals surface area contributed by atoms with Crippen molar-refractivity contribution in [2.75, 3.05) is 22.3 Å². The lowest BCUT2D eigenvalue weighted by atomic mass is 10.0. The zero-order chi connectivity index (χ0) is 23.4. The molecule has 1 aromatic heterocycles. The molecule has 8 nitrogen and oxygen atoms in total. The van der Waals surface area contributed by atoms with Crippen molar-refractivity contribution in [3.05, 3.63) is 76.3 Å². The largest absolute Gasteiger partial charge is 0.334 e. The van der Waals surface area contributed by atoms with E-state index in [2.05, 4.69) is 44.2 Å². The van der Waals surface area contributed by atoms with Gasteiger partial charge in [0.25, 0.3) is 5.95 Å². The van der Waals surface area contributed by atoms with Crippen molar-refractivity contribution in [2.45, 2.75) is 12.1 Å². The maximum atomic E-state index is 12.2. The number of nitrogens with one attached hydrogen (secondary N) is 2. The van der Waals surface area contributed by atoms with Crippen LogP contribution >= 0.6 is 35.0 Å². The number of nitrogen functional groups attached to an aromatic ring is 1. The topological polar surface area (TPSA) is 110 Å². The molecular weight excluding hydrogens is 481 g/mol. The van der Waals surface area contributed by atoms with E-state index >= 15 is 0 Å². The highest BCUT2D eigenvalue weighted by molar-refractivity contribution is 7.99. The molecule has 168 valence electrons. The number of amides is 1. The standard InChI is InChI=1S/C22H19Cl2N7OS/c1-13(15-7-6-14-4-2-3-5-16(14)10-15)27-28-21-29-30-22(31(21)25)33-12-20(32)26-19-9-8-17(23)11-18(19)24/h2-11H,12,25H2,1H3,(H,26,32)(H,28,29)/b27-13+. The van der Waals surface area contributed by atoms with Crippen molar-refractivity contribution in [1.82, 2.24) is 14.9 Å². The number of fused-ring (bicyclic) bond motifs is 1. The second-order valence-electron chi connectivity index (χ2n) is 7.01. The van der Waals surface area contributed by atoms with E-state index in [4.69, 9.17) is 29.0 Å². The molecule has 0 unspecified atom stereocenters. The van der Waals surface area contributed by atoms with E-state index in [0.29, 0.717) is 20.9 Å². The van der Waals surface area contributed by atoms with E-state index in [9.17, 15) is 4.79 Å². The van der Waals surface area contributed by atoms with E-state index < -0.39 is 0 Å². The molecule has 3 aromatic carbocycles. The summed E-state index contributed by atoms with van der Waals surface area (Å²) in [6.45, 7) is 1.89. The summed E-state index contributed by atoms with van der Waals surface area (Å²) < 4.78 is 1.24. The molecule has 0 atom stereocenters. The van der Waals surface area contributed by atoms with Gasteiger partial charge in [-0.1, -0.05) is 71.4 Å². The highest BCUT2D eigenvalue weighted by atomic mass is 35.5. The Bertz CT molecular complexity index is 1360. The lowest BCUT2D eigenvalue weighted by molar-refractivity contribution is -0.113. The number of anilines is 2. The van der Waals surface area contributed by atoms with Gasteiger partial charge in [0, 0.05) is 5.02 Å². The lowest BCUT2D eigenvalue weighted by Gasteiger charge is -2.07. The second kappa shape index (κ2) is 10.1. The van der Waals surface area contributed by atoms with Gasteiger partial charge in [-0.05, 0) is 47.5 Å². The highest BCUT2D eigenvalue weighted by Gasteiger charge is 2.13. The summed E-state index contributed by atoms with van der Waals surface area (Å²) in [7, 11) is 0. The van der Waals surface area contributed by atoms with Crippen LogP contribution in [-0.4, -0.2) is 32.2 Å². The third kappa shape index (κ3) is 5.57. The number of thioether (sulfide) groups is 1. The maximum Gasteiger partial charge on any atom is 0.264 e. The van der Waals surface area contributed by atoms with Crippen LogP contribution < -0.4 is 16.6 Å². The highest BCUT2D eigenvalue weighted by Crippen LogP contribution is 2.26. The molecule has 33 heavy (non-hydrogen) atoms. The SMILES string of the molecule is C/C(=N\Nc1nnc(SCC(=O)Nc2ccc(Cl)cc2Cl)n1N)c1ccc2ccccc2c1. The van der Waals surface area contributed by atoms with Crippen LogP contribution in [0, 0.1) is 0 Å². The minimum Gasteiger partial charge on any atom is -0.334 e. The number of rotatable bonds is 7. The summed E-state index contributed by atoms with van der Waals surface area (Å²) in [5, 5.41) is 18.6. The fourth-order valence-corrected chi connectivity index (χ4v) is 4.08. The third-order valence-corrected chi connectivity index (χ3v) is 6.18. The molecule has 0 radical (unpaired) electrons. The zero-order valence-corrected chi connectivity index (χ0v) is 19.7. The number of hydrogen-bond acceptors (Lipinski definition) is 7. The van der Waals surface area contributed by atoms with Crippen LogP contribution in [0.3, 0.4) is 0 Å². The summed E-state index contributed by atoms with van der Waals surface area (Å²) in [6.07, 6.45) is 0. The van der Waals surface area contributed by atoms with Crippen LogP contribution in [0.15, 0.2) is 70.9 Å². The Hall–Kier alpha value is -3.27. The Morgan fingerprint density at radius 2 is 1.88 bits per heavy atom. The maximum absolute atomic E-state index is 12.2. The van der Waals surface area contributed by atoms with Crippen LogP contribution in [0.25, 0.3) is 10.8 Å². The third-order valence-electron chi connectivity index (χ3n) is 4.69. The van der Waals surface area contributed by atoms with Crippen LogP contribution in [0.2, 0.25) is 10.0 Å². The average Bonchev–Trinajstić information content (AvgIpc) is 3.16. The number of carbonyl (C=O) groups excluding carboxylic acids is 1. The van der Waals surface area contributed by atoms with Crippen molar-refractivity contribution in [3.8, 4) is 0 Å². The number of nitrogens with two attached hydrogens (primary N) is 1. The summed E-state index contributed by atoms with van der Waals surface area (Å²) >= 11 is 13.1. The Morgan fingerprint density at radius 3 is 2.67 bits per heavy atom.